The lowest BCUT2D eigenvalue weighted by atomic mass is 10.1. The lowest BCUT2D eigenvalue weighted by molar-refractivity contribution is -0.154. The van der Waals surface area contributed by atoms with Crippen LogP contribution in [0.5, 0.6) is 0 Å². The zero-order chi connectivity index (χ0) is 14.3. The van der Waals surface area contributed by atoms with Crippen molar-refractivity contribution in [2.24, 2.45) is 5.92 Å². The summed E-state index contributed by atoms with van der Waals surface area (Å²) in [5.41, 5.74) is 0. The Morgan fingerprint density at radius 1 is 1.26 bits per heavy atom. The van der Waals surface area contributed by atoms with E-state index in [0.29, 0.717) is 5.06 Å². The summed E-state index contributed by atoms with van der Waals surface area (Å²) in [6, 6.07) is 12.0. The van der Waals surface area contributed by atoms with Gasteiger partial charge in [-0.3, -0.25) is 4.79 Å². The molecule has 0 fully saturated rings. The maximum absolute atomic E-state index is 10.1. The molecule has 0 aromatic rings. The second-order valence-electron chi connectivity index (χ2n) is 4.01. The molecule has 0 spiro atoms. The van der Waals surface area contributed by atoms with Crippen molar-refractivity contribution in [3.63, 3.8) is 0 Å². The normalized spacial score (nSPS) is 11.6. The fraction of sp³-hybridized carbons (Fsp3) is 0.308. The first-order valence-corrected chi connectivity index (χ1v) is 5.59. The average Bonchev–Trinajstić information content (AvgIpc) is 2.33. The highest BCUT2D eigenvalue weighted by Crippen LogP contribution is 2.04. The van der Waals surface area contributed by atoms with Gasteiger partial charge >= 0.3 is 5.97 Å². The van der Waals surface area contributed by atoms with Crippen molar-refractivity contribution in [2.75, 3.05) is 13.1 Å². The largest absolute Gasteiger partial charge is 0.480 e. The van der Waals surface area contributed by atoms with Gasteiger partial charge in [0.25, 0.3) is 0 Å². The molecule has 0 saturated heterocycles. The van der Waals surface area contributed by atoms with Crippen LogP contribution in [0.4, 0.5) is 0 Å². The molecule has 0 saturated carbocycles. The fourth-order valence-corrected chi connectivity index (χ4v) is 1.40. The Labute approximate surface area is 110 Å². The summed E-state index contributed by atoms with van der Waals surface area (Å²) in [5.74, 6) is -1.84. The van der Waals surface area contributed by atoms with Crippen LogP contribution in [-0.4, -0.2) is 34.4 Å². The molecular weight excluding hydrogens is 246 g/mol. The summed E-state index contributed by atoms with van der Waals surface area (Å²) in [6.07, 6.45) is -0.0207. The third kappa shape index (κ3) is 4.76. The van der Waals surface area contributed by atoms with Crippen LogP contribution in [0.1, 0.15) is 6.42 Å². The summed E-state index contributed by atoms with van der Waals surface area (Å²) in [6.45, 7) is -0.681. The van der Waals surface area contributed by atoms with Gasteiger partial charge in [-0.25, -0.2) is 0 Å². The van der Waals surface area contributed by atoms with Crippen LogP contribution in [0.25, 0.3) is 0 Å². The first kappa shape index (κ1) is 14.7. The summed E-state index contributed by atoms with van der Waals surface area (Å²) in [7, 11) is 0. The number of nitrogens with zero attached hydrogens (tertiary/aromatic N) is 3. The van der Waals surface area contributed by atoms with Crippen molar-refractivity contribution >= 4 is 5.97 Å². The van der Waals surface area contributed by atoms with Crippen LogP contribution < -0.4 is 0 Å². The van der Waals surface area contributed by atoms with Crippen LogP contribution >= 0.6 is 0 Å². The number of hydrogen-bond acceptors (Lipinski definition) is 5. The predicted octanol–water partition coefficient (Wildman–Crippen LogP) is 1.10. The summed E-state index contributed by atoms with van der Waals surface area (Å²) >= 11 is 0. The second-order valence-corrected chi connectivity index (χ2v) is 4.01. The smallest absolute Gasteiger partial charge is 0.320 e. The van der Waals surface area contributed by atoms with Crippen LogP contribution in [0.15, 0.2) is 24.3 Å². The zero-order valence-electron chi connectivity index (χ0n) is 10.2. The molecule has 2 aliphatic rings. The molecule has 0 aromatic carbocycles. The number of rotatable bonds is 5. The maximum Gasteiger partial charge on any atom is 0.320 e. The van der Waals surface area contributed by atoms with E-state index in [9.17, 15) is 4.79 Å². The van der Waals surface area contributed by atoms with Gasteiger partial charge in [0, 0.05) is 6.54 Å². The minimum Gasteiger partial charge on any atom is -0.480 e. The minimum atomic E-state index is -1.18. The third-order valence-electron chi connectivity index (χ3n) is 2.49. The van der Waals surface area contributed by atoms with Crippen molar-refractivity contribution in [2.45, 2.75) is 6.42 Å². The van der Waals surface area contributed by atoms with E-state index in [1.165, 1.54) is 10.4 Å². The quantitative estimate of drug-likeness (QED) is 0.778. The van der Waals surface area contributed by atoms with Crippen molar-refractivity contribution in [3.8, 4) is 12.1 Å². The van der Waals surface area contributed by atoms with Crippen molar-refractivity contribution in [1.29, 1.82) is 10.5 Å². The second kappa shape index (κ2) is 7.12. The van der Waals surface area contributed by atoms with E-state index >= 15 is 0 Å². The Bertz CT molecular complexity index is 565. The molecule has 2 rings (SSSR count). The van der Waals surface area contributed by atoms with Gasteiger partial charge in [0.1, 0.15) is 6.54 Å². The first-order valence-electron chi connectivity index (χ1n) is 5.59. The van der Waals surface area contributed by atoms with Gasteiger partial charge in [-0.05, 0) is 10.4 Å². The maximum atomic E-state index is 10.1. The van der Waals surface area contributed by atoms with Gasteiger partial charge in [0.2, 0.25) is 0 Å². The highest BCUT2D eigenvalue weighted by molar-refractivity contribution is 5.68. The Kier molecular flexibility index (Phi) is 5.49. The van der Waals surface area contributed by atoms with E-state index in [0.717, 1.165) is 0 Å². The predicted molar refractivity (Wildman–Crippen MR) is 64.4 cm³/mol. The molecule has 1 unspecified atom stereocenters. The molecule has 0 aromatic heterocycles. The number of nitriles is 2. The van der Waals surface area contributed by atoms with Crippen molar-refractivity contribution in [1.82, 2.24) is 5.06 Å². The number of benzene rings is 1. The highest BCUT2D eigenvalue weighted by atomic mass is 16.5. The lowest BCUT2D eigenvalue weighted by Crippen LogP contribution is -2.30. The molecule has 0 bridgehead atoms. The molecule has 2 aliphatic carbocycles. The lowest BCUT2D eigenvalue weighted by Gasteiger charge is -2.13. The summed E-state index contributed by atoms with van der Waals surface area (Å²) < 4.78 is 0. The van der Waals surface area contributed by atoms with Gasteiger partial charge in [-0.2, -0.15) is 15.6 Å². The summed E-state index contributed by atoms with van der Waals surface area (Å²) in [5, 5.41) is 37.2. The van der Waals surface area contributed by atoms with E-state index in [2.05, 4.69) is 24.3 Å². The molecular formula is C13H13N3O3. The van der Waals surface area contributed by atoms with Crippen LogP contribution in [0, 0.1) is 39.0 Å². The standard InChI is InChI=1S/C7H9N3O3.C6H4/c8-2-1-6(3-9)4-10(13)5-7(11)12;1-2-6-4-3-5(1)6/h6,13H,1,4-5H2,(H,11,12);1-4H. The van der Waals surface area contributed by atoms with E-state index in [-0.39, 0.29) is 13.0 Å². The Hall–Kier alpha value is -2.41. The van der Waals surface area contributed by atoms with Gasteiger partial charge in [-0.1, -0.05) is 24.3 Å². The van der Waals surface area contributed by atoms with E-state index in [4.69, 9.17) is 20.8 Å². The topological polar surface area (TPSA) is 108 Å². The average molecular weight is 259 g/mol. The molecule has 6 heteroatoms. The Morgan fingerprint density at radius 3 is 2.05 bits per heavy atom. The van der Waals surface area contributed by atoms with E-state index in [1.807, 2.05) is 0 Å². The third-order valence-corrected chi connectivity index (χ3v) is 2.49. The number of carboxylic acid groups (broad SMARTS) is 1. The zero-order valence-corrected chi connectivity index (χ0v) is 10.2. The number of aliphatic carboxylic acids is 1. The molecule has 1 atom stereocenters. The van der Waals surface area contributed by atoms with E-state index < -0.39 is 18.4 Å². The molecule has 0 radical (unpaired) electrons. The molecule has 19 heavy (non-hydrogen) atoms. The number of carbonyl (C=O) groups is 1. The van der Waals surface area contributed by atoms with Crippen LogP contribution in [-0.2, 0) is 4.79 Å². The van der Waals surface area contributed by atoms with Crippen molar-refractivity contribution < 1.29 is 15.1 Å². The number of hydrogen-bond donors (Lipinski definition) is 2. The molecule has 0 amide bonds. The van der Waals surface area contributed by atoms with Crippen molar-refractivity contribution in [3.05, 3.63) is 34.7 Å². The fourth-order valence-electron chi connectivity index (χ4n) is 1.40. The Morgan fingerprint density at radius 2 is 1.79 bits per heavy atom. The number of carboxylic acids is 1. The first-order chi connectivity index (χ1) is 9.06. The molecule has 98 valence electrons. The monoisotopic (exact) mass is 259 g/mol. The highest BCUT2D eigenvalue weighted by Gasteiger charge is 2.13. The van der Waals surface area contributed by atoms with Gasteiger partial charge in [0.05, 0.1) is 24.5 Å². The van der Waals surface area contributed by atoms with Crippen LogP contribution in [0.3, 0.4) is 0 Å². The number of hydroxylamine groups is 2. The van der Waals surface area contributed by atoms with Gasteiger partial charge in [0.15, 0.2) is 0 Å². The van der Waals surface area contributed by atoms with Crippen LogP contribution in [0.2, 0.25) is 0 Å². The molecule has 2 N–H and O–H groups in total. The molecule has 6 nitrogen and oxygen atoms in total. The van der Waals surface area contributed by atoms with Gasteiger partial charge < -0.3 is 10.3 Å². The molecule has 0 heterocycles. The van der Waals surface area contributed by atoms with E-state index in [1.54, 1.807) is 12.1 Å². The summed E-state index contributed by atoms with van der Waals surface area (Å²) in [4.78, 5) is 10.1. The molecule has 0 aliphatic heterocycles. The van der Waals surface area contributed by atoms with Gasteiger partial charge in [-0.15, -0.1) is 0 Å². The Balaban J connectivity index is 0.000000241. The SMILES string of the molecule is N#CCC(C#N)CN(O)CC(=O)O.c1cc2ccc1=2. The minimum absolute atomic E-state index is 0.0207.